The van der Waals surface area contributed by atoms with Gasteiger partial charge in [-0.05, 0) is 6.07 Å². The third-order valence-corrected chi connectivity index (χ3v) is 2.98. The standard InChI is InChI=1S/C14H12ClN3O2/c1-19-13-6-11(14(20-2)5-10(13)15)18-12-8-17-4-3-9(12)7-16/h3-6,8,18H,1-2H3. The molecule has 1 N–H and O–H groups in total. The summed E-state index contributed by atoms with van der Waals surface area (Å²) in [5.41, 5.74) is 1.70. The molecule has 0 spiro atoms. The molecule has 1 heterocycles. The zero-order valence-electron chi connectivity index (χ0n) is 11.0. The predicted octanol–water partition coefficient (Wildman–Crippen LogP) is 3.37. The first-order valence-corrected chi connectivity index (χ1v) is 6.10. The molecule has 1 aromatic carbocycles. The number of anilines is 2. The number of benzene rings is 1. The molecule has 0 atom stereocenters. The Hall–Kier alpha value is -2.45. The zero-order chi connectivity index (χ0) is 14.5. The summed E-state index contributed by atoms with van der Waals surface area (Å²) >= 11 is 6.04. The van der Waals surface area contributed by atoms with Gasteiger partial charge in [0.2, 0.25) is 0 Å². The third kappa shape index (κ3) is 2.76. The van der Waals surface area contributed by atoms with Gasteiger partial charge in [0, 0.05) is 18.3 Å². The number of halogens is 1. The van der Waals surface area contributed by atoms with Gasteiger partial charge in [0.25, 0.3) is 0 Å². The number of hydrogen-bond acceptors (Lipinski definition) is 5. The van der Waals surface area contributed by atoms with Crippen LogP contribution in [0.2, 0.25) is 5.02 Å². The van der Waals surface area contributed by atoms with Crippen molar-refractivity contribution in [2.75, 3.05) is 19.5 Å². The van der Waals surface area contributed by atoms with Crippen LogP contribution in [0.1, 0.15) is 5.56 Å². The quantitative estimate of drug-likeness (QED) is 0.934. The van der Waals surface area contributed by atoms with Gasteiger partial charge in [-0.1, -0.05) is 11.6 Å². The van der Waals surface area contributed by atoms with Crippen molar-refractivity contribution in [3.05, 3.63) is 41.2 Å². The van der Waals surface area contributed by atoms with E-state index in [9.17, 15) is 0 Å². The minimum atomic E-state index is 0.446. The van der Waals surface area contributed by atoms with Crippen molar-refractivity contribution >= 4 is 23.0 Å². The normalized spacial score (nSPS) is 9.70. The van der Waals surface area contributed by atoms with E-state index in [0.717, 1.165) is 0 Å². The van der Waals surface area contributed by atoms with Gasteiger partial charge in [0.15, 0.2) is 0 Å². The minimum Gasteiger partial charge on any atom is -0.495 e. The summed E-state index contributed by atoms with van der Waals surface area (Å²) in [5, 5.41) is 12.6. The summed E-state index contributed by atoms with van der Waals surface area (Å²) in [4.78, 5) is 3.99. The molecule has 0 fully saturated rings. The molecule has 0 bridgehead atoms. The van der Waals surface area contributed by atoms with Crippen molar-refractivity contribution in [2.24, 2.45) is 0 Å². The van der Waals surface area contributed by atoms with Gasteiger partial charge in [-0.25, -0.2) is 0 Å². The van der Waals surface area contributed by atoms with Crippen LogP contribution in [0, 0.1) is 11.3 Å². The summed E-state index contributed by atoms with van der Waals surface area (Å²) in [5.74, 6) is 1.06. The molecule has 0 saturated carbocycles. The highest BCUT2D eigenvalue weighted by molar-refractivity contribution is 6.32. The van der Waals surface area contributed by atoms with Crippen molar-refractivity contribution in [3.63, 3.8) is 0 Å². The van der Waals surface area contributed by atoms with E-state index in [1.54, 1.807) is 30.6 Å². The van der Waals surface area contributed by atoms with E-state index in [2.05, 4.69) is 16.4 Å². The van der Waals surface area contributed by atoms with E-state index in [0.29, 0.717) is 33.5 Å². The lowest BCUT2D eigenvalue weighted by Crippen LogP contribution is -1.98. The highest BCUT2D eigenvalue weighted by Gasteiger charge is 2.11. The molecule has 0 aliphatic heterocycles. The predicted molar refractivity (Wildman–Crippen MR) is 76.8 cm³/mol. The van der Waals surface area contributed by atoms with E-state index in [-0.39, 0.29) is 0 Å². The lowest BCUT2D eigenvalue weighted by atomic mass is 10.2. The molecule has 6 heteroatoms. The molecule has 2 aromatic rings. The van der Waals surface area contributed by atoms with Gasteiger partial charge in [-0.3, -0.25) is 4.98 Å². The first-order chi connectivity index (χ1) is 9.69. The lowest BCUT2D eigenvalue weighted by molar-refractivity contribution is 0.405. The number of methoxy groups -OCH3 is 2. The Balaban J connectivity index is 2.45. The number of rotatable bonds is 4. The second-order valence-corrected chi connectivity index (χ2v) is 4.25. The Morgan fingerprint density at radius 2 is 1.95 bits per heavy atom. The van der Waals surface area contributed by atoms with Crippen LogP contribution in [-0.4, -0.2) is 19.2 Å². The number of nitrogens with one attached hydrogen (secondary N) is 1. The number of hydrogen-bond donors (Lipinski definition) is 1. The summed E-state index contributed by atoms with van der Waals surface area (Å²) < 4.78 is 10.4. The molecule has 0 saturated heterocycles. The summed E-state index contributed by atoms with van der Waals surface area (Å²) in [6.07, 6.45) is 3.13. The first kappa shape index (κ1) is 14.0. The van der Waals surface area contributed by atoms with Crippen molar-refractivity contribution < 1.29 is 9.47 Å². The number of nitriles is 1. The van der Waals surface area contributed by atoms with Gasteiger partial charge < -0.3 is 14.8 Å². The van der Waals surface area contributed by atoms with E-state index in [4.69, 9.17) is 26.3 Å². The Morgan fingerprint density at radius 3 is 2.60 bits per heavy atom. The Kier molecular flexibility index (Phi) is 4.28. The van der Waals surface area contributed by atoms with Crippen LogP contribution >= 0.6 is 11.6 Å². The molecule has 20 heavy (non-hydrogen) atoms. The van der Waals surface area contributed by atoms with Gasteiger partial charge in [0.05, 0.1) is 42.4 Å². The molecule has 0 amide bonds. The number of nitrogens with zero attached hydrogens (tertiary/aromatic N) is 2. The molecular weight excluding hydrogens is 278 g/mol. The second-order valence-electron chi connectivity index (χ2n) is 3.85. The molecule has 0 radical (unpaired) electrons. The number of aromatic nitrogens is 1. The fraction of sp³-hybridized carbons (Fsp3) is 0.143. The second kappa shape index (κ2) is 6.13. The summed E-state index contributed by atoms with van der Waals surface area (Å²) in [7, 11) is 3.07. The largest absolute Gasteiger partial charge is 0.495 e. The van der Waals surface area contributed by atoms with E-state index < -0.39 is 0 Å². The van der Waals surface area contributed by atoms with Gasteiger partial charge in [-0.2, -0.15) is 5.26 Å². The Bertz CT molecular complexity index is 668. The smallest absolute Gasteiger partial charge is 0.144 e. The molecule has 0 aliphatic rings. The van der Waals surface area contributed by atoms with E-state index in [1.807, 2.05) is 0 Å². The van der Waals surface area contributed by atoms with Crippen LogP contribution in [0.4, 0.5) is 11.4 Å². The van der Waals surface area contributed by atoms with Gasteiger partial charge in [0.1, 0.15) is 17.6 Å². The van der Waals surface area contributed by atoms with Crippen molar-refractivity contribution in [1.82, 2.24) is 4.98 Å². The van der Waals surface area contributed by atoms with Crippen LogP contribution in [0.5, 0.6) is 11.5 Å². The highest BCUT2D eigenvalue weighted by Crippen LogP contribution is 2.37. The van der Waals surface area contributed by atoms with Crippen LogP contribution in [0.15, 0.2) is 30.6 Å². The molecule has 1 aromatic heterocycles. The van der Waals surface area contributed by atoms with Crippen LogP contribution < -0.4 is 14.8 Å². The highest BCUT2D eigenvalue weighted by atomic mass is 35.5. The Labute approximate surface area is 121 Å². The maximum Gasteiger partial charge on any atom is 0.144 e. The average Bonchev–Trinajstić information content (AvgIpc) is 2.49. The van der Waals surface area contributed by atoms with Gasteiger partial charge in [-0.15, -0.1) is 0 Å². The fourth-order valence-electron chi connectivity index (χ4n) is 1.69. The molecule has 5 nitrogen and oxygen atoms in total. The third-order valence-electron chi connectivity index (χ3n) is 2.68. The SMILES string of the molecule is COc1cc(Nc2cnccc2C#N)c(OC)cc1Cl. The van der Waals surface area contributed by atoms with E-state index >= 15 is 0 Å². The van der Waals surface area contributed by atoms with Crippen molar-refractivity contribution in [2.45, 2.75) is 0 Å². The van der Waals surface area contributed by atoms with E-state index in [1.165, 1.54) is 14.2 Å². The first-order valence-electron chi connectivity index (χ1n) is 5.72. The topological polar surface area (TPSA) is 67.2 Å². The Morgan fingerprint density at radius 1 is 1.20 bits per heavy atom. The van der Waals surface area contributed by atoms with Crippen LogP contribution in [0.25, 0.3) is 0 Å². The fourth-order valence-corrected chi connectivity index (χ4v) is 1.93. The molecule has 102 valence electrons. The maximum absolute atomic E-state index is 9.07. The number of pyridine rings is 1. The molecule has 2 rings (SSSR count). The van der Waals surface area contributed by atoms with Crippen molar-refractivity contribution in [3.8, 4) is 17.6 Å². The lowest BCUT2D eigenvalue weighted by Gasteiger charge is -2.14. The van der Waals surface area contributed by atoms with Crippen molar-refractivity contribution in [1.29, 1.82) is 5.26 Å². The number of ether oxygens (including phenoxy) is 2. The average molecular weight is 290 g/mol. The summed E-state index contributed by atoms with van der Waals surface area (Å²) in [6, 6.07) is 7.07. The molecule has 0 unspecified atom stereocenters. The van der Waals surface area contributed by atoms with Crippen LogP contribution in [-0.2, 0) is 0 Å². The maximum atomic E-state index is 9.07. The van der Waals surface area contributed by atoms with Crippen LogP contribution in [0.3, 0.4) is 0 Å². The zero-order valence-corrected chi connectivity index (χ0v) is 11.7. The minimum absolute atomic E-state index is 0.446. The summed E-state index contributed by atoms with van der Waals surface area (Å²) in [6.45, 7) is 0. The monoisotopic (exact) mass is 289 g/mol. The molecular formula is C14H12ClN3O2. The van der Waals surface area contributed by atoms with Gasteiger partial charge >= 0.3 is 0 Å². The molecule has 0 aliphatic carbocycles.